The Morgan fingerprint density at radius 3 is 2.62 bits per heavy atom. The summed E-state index contributed by atoms with van der Waals surface area (Å²) in [6, 6.07) is 0. The molecule has 0 aromatic heterocycles. The van der Waals surface area contributed by atoms with Crippen LogP contribution in [0, 0.1) is 0 Å². The van der Waals surface area contributed by atoms with Gasteiger partial charge in [-0.25, -0.2) is 4.79 Å². The molecular weight excluding hydrogens is 130 g/mol. The number of carbonyl (C=O) groups excluding carboxylic acids is 1. The van der Waals surface area contributed by atoms with Crippen molar-refractivity contribution < 1.29 is 14.1 Å². The average Bonchev–Trinajstić information content (AvgIpc) is 1.65. The first-order chi connectivity index (χ1) is 3.66. The zero-order valence-corrected chi connectivity index (χ0v) is 5.14. The fraction of sp³-hybridized carbons (Fsp3) is 0.667. The van der Waals surface area contributed by atoms with Crippen LogP contribution in [0.25, 0.3) is 0 Å². The van der Waals surface area contributed by atoms with Gasteiger partial charge in [0, 0.05) is 12.0 Å². The van der Waals surface area contributed by atoms with Crippen LogP contribution in [0.3, 0.4) is 0 Å². The Kier molecular flexibility index (Phi) is 3.38. The molecule has 48 valence electrons. The fourth-order valence-electron chi connectivity index (χ4n) is 0.185. The van der Waals surface area contributed by atoms with Gasteiger partial charge in [0.15, 0.2) is 5.44 Å². The molecule has 0 heterocycles. The van der Waals surface area contributed by atoms with Gasteiger partial charge < -0.3 is 15.0 Å². The predicted octanol–water partition coefficient (Wildman–Crippen LogP) is 0.634. The number of hydrogen-bond acceptors (Lipinski definition) is 4. The number of primary amides is 1. The Balaban J connectivity index is 3.24. The molecule has 1 amide bonds. The van der Waals surface area contributed by atoms with Crippen LogP contribution < -0.4 is 5.73 Å². The summed E-state index contributed by atoms with van der Waals surface area (Å²) in [6.45, 7) is 1.51. The number of ether oxygens (including phenoxy) is 1. The van der Waals surface area contributed by atoms with Crippen LogP contribution in [0.15, 0.2) is 0 Å². The molecule has 0 saturated heterocycles. The van der Waals surface area contributed by atoms with Gasteiger partial charge in [0.1, 0.15) is 0 Å². The third-order valence-corrected chi connectivity index (χ3v) is 0.824. The van der Waals surface area contributed by atoms with Crippen LogP contribution in [0.5, 0.6) is 0 Å². The predicted molar refractivity (Wildman–Crippen MR) is 30.4 cm³/mol. The van der Waals surface area contributed by atoms with E-state index in [1.54, 1.807) is 0 Å². The van der Waals surface area contributed by atoms with E-state index in [2.05, 4.69) is 10.5 Å². The quantitative estimate of drug-likeness (QED) is 0.432. The lowest BCUT2D eigenvalue weighted by Gasteiger charge is -2.03. The maximum atomic E-state index is 9.84. The third-order valence-electron chi connectivity index (χ3n) is 0.431. The van der Waals surface area contributed by atoms with E-state index in [0.29, 0.717) is 12.0 Å². The lowest BCUT2D eigenvalue weighted by Crippen LogP contribution is -2.17. The van der Waals surface area contributed by atoms with E-state index < -0.39 is 11.5 Å². The van der Waals surface area contributed by atoms with Crippen molar-refractivity contribution in [3.63, 3.8) is 0 Å². The molecule has 0 aromatic rings. The summed E-state index contributed by atoms with van der Waals surface area (Å²) in [7, 11) is 0. The first-order valence-electron chi connectivity index (χ1n) is 1.93. The van der Waals surface area contributed by atoms with Crippen molar-refractivity contribution in [1.82, 2.24) is 0 Å². The van der Waals surface area contributed by atoms with E-state index in [4.69, 9.17) is 4.55 Å². The summed E-state index contributed by atoms with van der Waals surface area (Å²) in [4.78, 5) is 9.84. The molecule has 1 unspecified atom stereocenters. The van der Waals surface area contributed by atoms with Gasteiger partial charge in [0.05, 0.1) is 0 Å². The maximum absolute atomic E-state index is 9.84. The van der Waals surface area contributed by atoms with E-state index in [9.17, 15) is 4.79 Å². The third kappa shape index (κ3) is 3.76. The largest absolute Gasteiger partial charge is 0.433 e. The molecule has 0 fully saturated rings. The molecule has 0 aliphatic carbocycles. The lowest BCUT2D eigenvalue weighted by atomic mass is 10.8. The van der Waals surface area contributed by atoms with Crippen molar-refractivity contribution in [2.75, 3.05) is 0 Å². The average molecular weight is 137 g/mol. The minimum Gasteiger partial charge on any atom is -0.433 e. The van der Waals surface area contributed by atoms with Crippen molar-refractivity contribution >= 4 is 18.1 Å². The van der Waals surface area contributed by atoms with Gasteiger partial charge in [0.25, 0.3) is 0 Å². The molecule has 0 aromatic carbocycles. The van der Waals surface area contributed by atoms with Crippen molar-refractivity contribution in [3.05, 3.63) is 0 Å². The molecule has 3 N–H and O–H groups in total. The molecule has 0 bridgehead atoms. The highest BCUT2D eigenvalue weighted by molar-refractivity contribution is 7.94. The number of hydrogen-bond donors (Lipinski definition) is 2. The van der Waals surface area contributed by atoms with E-state index >= 15 is 0 Å². The molecule has 8 heavy (non-hydrogen) atoms. The van der Waals surface area contributed by atoms with Gasteiger partial charge in [-0.1, -0.05) is 0 Å². The second-order valence-corrected chi connectivity index (χ2v) is 1.98. The van der Waals surface area contributed by atoms with Gasteiger partial charge in [-0.05, 0) is 6.92 Å². The molecule has 5 heteroatoms. The minimum atomic E-state index is -0.876. The van der Waals surface area contributed by atoms with Crippen molar-refractivity contribution in [2.24, 2.45) is 5.73 Å². The standard InChI is InChI=1S/C3H7NO3S/c1-2(8-6)7-3(4)5/h2,6H,1H3,(H2,4,5). The smallest absolute Gasteiger partial charge is 0.405 e. The zero-order valence-electron chi connectivity index (χ0n) is 4.33. The summed E-state index contributed by atoms with van der Waals surface area (Å²) < 4.78 is 12.4. The molecule has 0 aliphatic rings. The van der Waals surface area contributed by atoms with Gasteiger partial charge in [-0.3, -0.25) is 0 Å². The van der Waals surface area contributed by atoms with Gasteiger partial charge in [0.2, 0.25) is 0 Å². The summed E-state index contributed by atoms with van der Waals surface area (Å²) >= 11 is 0.430. The van der Waals surface area contributed by atoms with Gasteiger partial charge in [-0.15, -0.1) is 0 Å². The number of nitrogens with two attached hydrogens (primary N) is 1. The van der Waals surface area contributed by atoms with Crippen LogP contribution >= 0.6 is 12.0 Å². The number of amides is 1. The highest BCUT2D eigenvalue weighted by Gasteiger charge is 2.02. The monoisotopic (exact) mass is 137 g/mol. The Labute approximate surface area is 51.2 Å². The zero-order chi connectivity index (χ0) is 6.57. The van der Waals surface area contributed by atoms with E-state index in [1.807, 2.05) is 0 Å². The SMILES string of the molecule is CC(OC(N)=O)SO. The number of carbonyl (C=O) groups is 1. The molecule has 4 nitrogen and oxygen atoms in total. The van der Waals surface area contributed by atoms with E-state index in [1.165, 1.54) is 6.92 Å². The molecule has 0 radical (unpaired) electrons. The van der Waals surface area contributed by atoms with E-state index in [-0.39, 0.29) is 0 Å². The first kappa shape index (κ1) is 7.58. The van der Waals surface area contributed by atoms with Gasteiger partial charge >= 0.3 is 6.09 Å². The highest BCUT2D eigenvalue weighted by Crippen LogP contribution is 2.04. The first-order valence-corrected chi connectivity index (χ1v) is 2.76. The maximum Gasteiger partial charge on any atom is 0.405 e. The van der Waals surface area contributed by atoms with Crippen molar-refractivity contribution in [2.45, 2.75) is 12.4 Å². The molecule has 1 atom stereocenters. The van der Waals surface area contributed by atoms with Crippen molar-refractivity contribution in [1.29, 1.82) is 0 Å². The summed E-state index contributed by atoms with van der Waals surface area (Å²) in [6.07, 6.45) is -0.876. The van der Waals surface area contributed by atoms with Crippen LogP contribution in [-0.4, -0.2) is 16.1 Å². The molecule has 0 saturated carbocycles. The van der Waals surface area contributed by atoms with Crippen LogP contribution in [0.2, 0.25) is 0 Å². The van der Waals surface area contributed by atoms with Crippen LogP contribution in [-0.2, 0) is 4.74 Å². The van der Waals surface area contributed by atoms with E-state index in [0.717, 1.165) is 0 Å². The Hall–Kier alpha value is -0.420. The molecular formula is C3H7NO3S. The normalized spacial score (nSPS) is 12.8. The summed E-state index contributed by atoms with van der Waals surface area (Å²) in [5.74, 6) is 0. The molecule has 0 spiro atoms. The molecule has 0 aliphatic heterocycles. The topological polar surface area (TPSA) is 72.5 Å². The van der Waals surface area contributed by atoms with Crippen LogP contribution in [0.4, 0.5) is 4.79 Å². The lowest BCUT2D eigenvalue weighted by molar-refractivity contribution is 0.150. The Morgan fingerprint density at radius 2 is 2.50 bits per heavy atom. The summed E-state index contributed by atoms with van der Waals surface area (Å²) in [5, 5.41) is 0. The minimum absolute atomic E-state index is 0.430. The Morgan fingerprint density at radius 1 is 2.00 bits per heavy atom. The van der Waals surface area contributed by atoms with Crippen molar-refractivity contribution in [3.8, 4) is 0 Å². The van der Waals surface area contributed by atoms with Crippen LogP contribution in [0.1, 0.15) is 6.92 Å². The Bertz CT molecular complexity index is 86.6. The second kappa shape index (κ2) is 3.57. The number of rotatable bonds is 2. The summed E-state index contributed by atoms with van der Waals surface area (Å²) in [5.41, 5.74) is 4.01. The fourth-order valence-corrected chi connectivity index (χ4v) is 0.323. The van der Waals surface area contributed by atoms with Gasteiger partial charge in [-0.2, -0.15) is 0 Å². The molecule has 0 rings (SSSR count). The highest BCUT2D eigenvalue weighted by atomic mass is 32.2. The second-order valence-electron chi connectivity index (χ2n) is 1.11.